The van der Waals surface area contributed by atoms with E-state index in [0.717, 1.165) is 24.1 Å². The number of amides is 2. The first kappa shape index (κ1) is 18.5. The number of carbonyl (C=O) groups excluding carboxylic acids is 3. The Morgan fingerprint density at radius 3 is 2.67 bits per heavy atom. The highest BCUT2D eigenvalue weighted by Gasteiger charge is 2.19. The number of halogens is 1. The molecule has 0 aromatic heterocycles. The number of rotatable bonds is 7. The number of nitrogens with zero attached hydrogens (tertiary/aromatic N) is 1. The largest absolute Gasteiger partial charge is 0.352 e. The molecule has 1 aliphatic heterocycles. The highest BCUT2D eigenvalue weighted by Crippen LogP contribution is 2.27. The molecule has 0 fully saturated rings. The second kappa shape index (κ2) is 8.40. The van der Waals surface area contributed by atoms with E-state index in [2.05, 4.69) is 5.32 Å². The smallest absolute Gasteiger partial charge is 0.244 e. The van der Waals surface area contributed by atoms with Gasteiger partial charge in [-0.2, -0.15) is 0 Å². The van der Waals surface area contributed by atoms with E-state index >= 15 is 0 Å². The monoisotopic (exact) mass is 366 g/mol. The fraction of sp³-hybridized carbons (Fsp3) is 0.190. The van der Waals surface area contributed by atoms with Crippen LogP contribution in [-0.4, -0.2) is 31.2 Å². The Bertz CT molecular complexity index is 891. The molecule has 0 spiro atoms. The summed E-state index contributed by atoms with van der Waals surface area (Å²) in [7, 11) is 0. The summed E-state index contributed by atoms with van der Waals surface area (Å²) in [6, 6.07) is 11.1. The van der Waals surface area contributed by atoms with E-state index in [0.29, 0.717) is 17.7 Å². The van der Waals surface area contributed by atoms with Crippen LogP contribution in [0, 0.1) is 5.82 Å². The quantitative estimate of drug-likeness (QED) is 0.465. The minimum Gasteiger partial charge on any atom is -0.352 e. The molecular formula is C21H19FN2O3. The zero-order valence-electron chi connectivity index (χ0n) is 14.7. The lowest BCUT2D eigenvalue weighted by molar-refractivity contribution is -0.116. The summed E-state index contributed by atoms with van der Waals surface area (Å²) >= 11 is 0. The van der Waals surface area contributed by atoms with Crippen LogP contribution in [0.3, 0.4) is 0 Å². The van der Waals surface area contributed by atoms with Gasteiger partial charge in [0.05, 0.1) is 0 Å². The van der Waals surface area contributed by atoms with Crippen molar-refractivity contribution in [1.82, 2.24) is 5.32 Å². The van der Waals surface area contributed by atoms with Crippen molar-refractivity contribution in [1.29, 1.82) is 0 Å². The van der Waals surface area contributed by atoms with Gasteiger partial charge in [0.1, 0.15) is 5.82 Å². The number of hydrogen-bond acceptors (Lipinski definition) is 3. The van der Waals surface area contributed by atoms with Gasteiger partial charge in [0.15, 0.2) is 5.78 Å². The molecule has 0 radical (unpaired) electrons. The molecule has 0 saturated carbocycles. The Morgan fingerprint density at radius 1 is 1.15 bits per heavy atom. The van der Waals surface area contributed by atoms with Crippen molar-refractivity contribution in [2.45, 2.75) is 12.8 Å². The van der Waals surface area contributed by atoms with Gasteiger partial charge in [0, 0.05) is 36.8 Å². The van der Waals surface area contributed by atoms with Crippen molar-refractivity contribution < 1.29 is 18.8 Å². The van der Waals surface area contributed by atoms with Gasteiger partial charge in [-0.05, 0) is 54.0 Å². The number of Topliss-reactive ketones (excluding diaryl/α,β-unsaturated/α-hetero) is 1. The van der Waals surface area contributed by atoms with Gasteiger partial charge in [-0.15, -0.1) is 0 Å². The first-order valence-electron chi connectivity index (χ1n) is 8.66. The average Bonchev–Trinajstić information content (AvgIpc) is 3.09. The Balaban J connectivity index is 1.49. The van der Waals surface area contributed by atoms with Crippen LogP contribution >= 0.6 is 0 Å². The van der Waals surface area contributed by atoms with E-state index in [1.807, 2.05) is 6.07 Å². The van der Waals surface area contributed by atoms with Crippen LogP contribution < -0.4 is 10.2 Å². The summed E-state index contributed by atoms with van der Waals surface area (Å²) in [6.45, 7) is 0.857. The van der Waals surface area contributed by atoms with Crippen LogP contribution in [0.25, 0.3) is 6.08 Å². The maximum absolute atomic E-state index is 12.8. The minimum atomic E-state index is -0.333. The van der Waals surface area contributed by atoms with Crippen LogP contribution in [0.15, 0.2) is 48.5 Å². The molecule has 6 heteroatoms. The molecule has 1 heterocycles. The van der Waals surface area contributed by atoms with Crippen molar-refractivity contribution in [3.05, 3.63) is 71.0 Å². The van der Waals surface area contributed by atoms with Gasteiger partial charge in [0.2, 0.25) is 12.3 Å². The van der Waals surface area contributed by atoms with E-state index in [4.69, 9.17) is 0 Å². The molecule has 0 saturated heterocycles. The SMILES string of the molecule is O=CN1CCc2cc(C(=O)CCNC(=O)/C=C/c3ccc(F)cc3)ccc21. The van der Waals surface area contributed by atoms with Crippen molar-refractivity contribution in [3.8, 4) is 0 Å². The third kappa shape index (κ3) is 4.67. The van der Waals surface area contributed by atoms with Crippen LogP contribution in [-0.2, 0) is 16.0 Å². The lowest BCUT2D eigenvalue weighted by atomic mass is 10.0. The minimum absolute atomic E-state index is 0.0647. The van der Waals surface area contributed by atoms with Gasteiger partial charge < -0.3 is 10.2 Å². The fourth-order valence-electron chi connectivity index (χ4n) is 2.96. The van der Waals surface area contributed by atoms with Gasteiger partial charge in [-0.25, -0.2) is 4.39 Å². The lowest BCUT2D eigenvalue weighted by Gasteiger charge is -2.10. The van der Waals surface area contributed by atoms with Gasteiger partial charge >= 0.3 is 0 Å². The van der Waals surface area contributed by atoms with Crippen molar-refractivity contribution in [2.24, 2.45) is 0 Å². The molecule has 0 aliphatic carbocycles. The molecule has 2 aromatic rings. The van der Waals surface area contributed by atoms with Crippen LogP contribution in [0.4, 0.5) is 10.1 Å². The molecule has 0 atom stereocenters. The molecule has 5 nitrogen and oxygen atoms in total. The summed E-state index contributed by atoms with van der Waals surface area (Å²) in [5.74, 6) is -0.714. The summed E-state index contributed by atoms with van der Waals surface area (Å²) in [4.78, 5) is 36.7. The fourth-order valence-corrected chi connectivity index (χ4v) is 2.96. The van der Waals surface area contributed by atoms with Crippen molar-refractivity contribution in [3.63, 3.8) is 0 Å². The van der Waals surface area contributed by atoms with Gasteiger partial charge in [0.25, 0.3) is 0 Å². The predicted octanol–water partition coefficient (Wildman–Crippen LogP) is 2.75. The molecule has 2 aromatic carbocycles. The summed E-state index contributed by atoms with van der Waals surface area (Å²) in [5, 5.41) is 2.66. The van der Waals surface area contributed by atoms with E-state index in [9.17, 15) is 18.8 Å². The van der Waals surface area contributed by atoms with Gasteiger partial charge in [-0.3, -0.25) is 14.4 Å². The third-order valence-electron chi connectivity index (χ3n) is 4.41. The Kier molecular flexibility index (Phi) is 5.76. The molecule has 1 N–H and O–H groups in total. The van der Waals surface area contributed by atoms with Crippen molar-refractivity contribution >= 4 is 29.9 Å². The second-order valence-corrected chi connectivity index (χ2v) is 6.24. The maximum atomic E-state index is 12.8. The maximum Gasteiger partial charge on any atom is 0.244 e. The molecular weight excluding hydrogens is 347 g/mol. The number of nitrogens with one attached hydrogen (secondary N) is 1. The summed E-state index contributed by atoms with van der Waals surface area (Å²) in [5.41, 5.74) is 3.13. The number of hydrogen-bond donors (Lipinski definition) is 1. The second-order valence-electron chi connectivity index (χ2n) is 6.24. The molecule has 27 heavy (non-hydrogen) atoms. The molecule has 3 rings (SSSR count). The highest BCUT2D eigenvalue weighted by molar-refractivity contribution is 5.98. The van der Waals surface area contributed by atoms with Crippen molar-refractivity contribution in [2.75, 3.05) is 18.0 Å². The number of benzene rings is 2. The highest BCUT2D eigenvalue weighted by atomic mass is 19.1. The Morgan fingerprint density at radius 2 is 1.93 bits per heavy atom. The third-order valence-corrected chi connectivity index (χ3v) is 4.41. The molecule has 138 valence electrons. The summed E-state index contributed by atoms with van der Waals surface area (Å²) in [6.07, 6.45) is 4.64. The molecule has 0 bridgehead atoms. The Hall–Kier alpha value is -3.28. The number of carbonyl (C=O) groups is 3. The lowest BCUT2D eigenvalue weighted by Crippen LogP contribution is -2.24. The van der Waals surface area contributed by atoms with E-state index < -0.39 is 0 Å². The standard InChI is InChI=1S/C21H19FN2O3/c22-18-5-1-15(2-6-18)3-8-21(27)23-11-9-20(26)17-4-7-19-16(13-17)10-12-24(19)14-25/h1-8,13-14H,9-12H2,(H,23,27)/b8-3+. The first-order valence-corrected chi connectivity index (χ1v) is 8.66. The van der Waals surface area contributed by atoms with E-state index in [-0.39, 0.29) is 30.5 Å². The zero-order chi connectivity index (χ0) is 19.2. The van der Waals surface area contributed by atoms with Crippen LogP contribution in [0.1, 0.15) is 27.9 Å². The van der Waals surface area contributed by atoms with E-state index in [1.54, 1.807) is 35.2 Å². The number of anilines is 1. The topological polar surface area (TPSA) is 66.5 Å². The number of fused-ring (bicyclic) bond motifs is 1. The van der Waals surface area contributed by atoms with Crippen LogP contribution in [0.5, 0.6) is 0 Å². The molecule has 2 amide bonds. The van der Waals surface area contributed by atoms with E-state index in [1.165, 1.54) is 18.2 Å². The van der Waals surface area contributed by atoms with Crippen LogP contribution in [0.2, 0.25) is 0 Å². The predicted molar refractivity (Wildman–Crippen MR) is 101 cm³/mol. The zero-order valence-corrected chi connectivity index (χ0v) is 14.7. The first-order chi connectivity index (χ1) is 13.1. The normalized spacial score (nSPS) is 12.9. The summed E-state index contributed by atoms with van der Waals surface area (Å²) < 4.78 is 12.8. The van der Waals surface area contributed by atoms with Gasteiger partial charge in [-0.1, -0.05) is 12.1 Å². The average molecular weight is 366 g/mol. The number of ketones is 1. The Labute approximate surface area is 156 Å². The molecule has 0 unspecified atom stereocenters. The molecule has 1 aliphatic rings.